The van der Waals surface area contributed by atoms with Gasteiger partial charge in [0, 0.05) is 71.0 Å². The minimum Gasteiger partial charge on any atom is -0.334 e. The summed E-state index contributed by atoms with van der Waals surface area (Å²) in [5, 5.41) is 2.63. The SMILES string of the molecule is Cc1cc2c3c(c1)N(c1ccc(C(C)(C)C)cc1-c1ccccc1)c1ccc(C(C)(C)C)cc1B3c1ccc(N3c4ccc(C(C)(C)C)cc4C4(C)CCCCC34C)cc1N2c1ccc2sc3ccccc3c2c1. The predicted molar refractivity (Wildman–Crippen MR) is 322 cm³/mol. The van der Waals surface area contributed by atoms with Crippen molar-refractivity contribution >= 4 is 100 Å². The number of hydrogen-bond donors (Lipinski definition) is 0. The number of anilines is 8. The first kappa shape index (κ1) is 47.2. The van der Waals surface area contributed by atoms with E-state index in [1.165, 1.54) is 140 Å². The Balaban J connectivity index is 1.11. The third-order valence-corrected chi connectivity index (χ3v) is 19.2. The first-order valence-corrected chi connectivity index (χ1v) is 28.1. The van der Waals surface area contributed by atoms with Crippen LogP contribution in [-0.4, -0.2) is 12.3 Å². The molecule has 1 aliphatic carbocycles. The number of rotatable bonds is 4. The van der Waals surface area contributed by atoms with Gasteiger partial charge in [0.15, 0.2) is 0 Å². The van der Waals surface area contributed by atoms with E-state index in [0.29, 0.717) is 0 Å². The summed E-state index contributed by atoms with van der Waals surface area (Å²) in [4.78, 5) is 8.08. The quantitative estimate of drug-likeness (QED) is 0.163. The van der Waals surface area contributed by atoms with Crippen LogP contribution in [0.2, 0.25) is 0 Å². The number of nitrogens with zero attached hydrogens (tertiary/aromatic N) is 3. The molecule has 74 heavy (non-hydrogen) atoms. The van der Waals surface area contributed by atoms with Crippen LogP contribution in [0.1, 0.15) is 130 Å². The van der Waals surface area contributed by atoms with Crippen LogP contribution < -0.4 is 31.1 Å². The van der Waals surface area contributed by atoms with Gasteiger partial charge < -0.3 is 14.7 Å². The number of benzene rings is 8. The maximum atomic E-state index is 2.79. The Morgan fingerprint density at radius 3 is 1.81 bits per heavy atom. The Labute approximate surface area is 445 Å². The zero-order chi connectivity index (χ0) is 51.4. The van der Waals surface area contributed by atoms with E-state index in [1.54, 1.807) is 0 Å². The van der Waals surface area contributed by atoms with Crippen molar-refractivity contribution in [1.29, 1.82) is 0 Å². The summed E-state index contributed by atoms with van der Waals surface area (Å²) in [6.07, 6.45) is 4.84. The van der Waals surface area contributed by atoms with Gasteiger partial charge in [0.1, 0.15) is 0 Å². The summed E-state index contributed by atoms with van der Waals surface area (Å²) < 4.78 is 2.65. The molecule has 4 heterocycles. The highest BCUT2D eigenvalue weighted by Crippen LogP contribution is 2.62. The van der Waals surface area contributed by atoms with Crippen molar-refractivity contribution in [2.24, 2.45) is 0 Å². The molecule has 1 aromatic heterocycles. The van der Waals surface area contributed by atoms with E-state index in [2.05, 4.69) is 256 Å². The van der Waals surface area contributed by atoms with Gasteiger partial charge in [0.2, 0.25) is 0 Å². The van der Waals surface area contributed by atoms with Gasteiger partial charge in [0.25, 0.3) is 6.71 Å². The highest BCUT2D eigenvalue weighted by atomic mass is 32.1. The summed E-state index contributed by atoms with van der Waals surface area (Å²) in [6.45, 7) is 28.6. The fourth-order valence-corrected chi connectivity index (χ4v) is 14.9. The predicted octanol–water partition coefficient (Wildman–Crippen LogP) is 17.7. The van der Waals surface area contributed by atoms with E-state index in [4.69, 9.17) is 0 Å². The third kappa shape index (κ3) is 6.97. The highest BCUT2D eigenvalue weighted by Gasteiger charge is 2.58. The third-order valence-electron chi connectivity index (χ3n) is 18.1. The van der Waals surface area contributed by atoms with Crippen LogP contribution in [0.5, 0.6) is 0 Å². The van der Waals surface area contributed by atoms with E-state index >= 15 is 0 Å². The lowest BCUT2D eigenvalue weighted by molar-refractivity contribution is 0.195. The highest BCUT2D eigenvalue weighted by molar-refractivity contribution is 7.25. The maximum Gasteiger partial charge on any atom is 0.252 e. The molecule has 3 nitrogen and oxygen atoms in total. The average Bonchev–Trinajstić information content (AvgIpc) is 3.95. The Morgan fingerprint density at radius 2 is 1.08 bits per heavy atom. The molecular formula is C69H70BN3S. The second-order valence-electron chi connectivity index (χ2n) is 25.8. The Kier molecular flexibility index (Phi) is 10.3. The van der Waals surface area contributed by atoms with Gasteiger partial charge in [-0.15, -0.1) is 11.3 Å². The van der Waals surface area contributed by atoms with Crippen LogP contribution in [0.25, 0.3) is 31.3 Å². The van der Waals surface area contributed by atoms with Crippen molar-refractivity contribution in [1.82, 2.24) is 0 Å². The smallest absolute Gasteiger partial charge is 0.252 e. The topological polar surface area (TPSA) is 9.72 Å². The molecule has 5 heteroatoms. The minimum atomic E-state index is -0.0907. The molecular weight excluding hydrogens is 914 g/mol. The Morgan fingerprint density at radius 1 is 0.473 bits per heavy atom. The van der Waals surface area contributed by atoms with Gasteiger partial charge in [-0.25, -0.2) is 0 Å². The van der Waals surface area contributed by atoms with Crippen LogP contribution in [0.15, 0.2) is 158 Å². The van der Waals surface area contributed by atoms with Gasteiger partial charge in [-0.1, -0.05) is 167 Å². The molecule has 2 unspecified atom stereocenters. The summed E-state index contributed by atoms with van der Waals surface area (Å²) in [5.41, 5.74) is 23.3. The second kappa shape index (κ2) is 16.2. The lowest BCUT2D eigenvalue weighted by Gasteiger charge is -2.50. The van der Waals surface area contributed by atoms with Gasteiger partial charge in [-0.05, 0) is 165 Å². The molecule has 9 aromatic rings. The van der Waals surface area contributed by atoms with Crippen molar-refractivity contribution in [3.8, 4) is 11.1 Å². The Hall–Kier alpha value is -6.56. The molecule has 2 atom stereocenters. The van der Waals surface area contributed by atoms with Crippen molar-refractivity contribution in [3.63, 3.8) is 0 Å². The lowest BCUT2D eigenvalue weighted by atomic mass is 9.33. The number of aryl methyl sites for hydroxylation is 1. The van der Waals surface area contributed by atoms with E-state index in [1.807, 2.05) is 11.3 Å². The molecule has 0 N–H and O–H groups in total. The minimum absolute atomic E-state index is 0.00933. The zero-order valence-corrected chi connectivity index (χ0v) is 46.5. The molecule has 3 aliphatic heterocycles. The number of thiophene rings is 1. The molecule has 0 radical (unpaired) electrons. The van der Waals surface area contributed by atoms with E-state index < -0.39 is 0 Å². The molecule has 4 aliphatic rings. The fourth-order valence-electron chi connectivity index (χ4n) is 13.8. The van der Waals surface area contributed by atoms with Crippen molar-refractivity contribution in [2.45, 2.75) is 136 Å². The summed E-state index contributed by atoms with van der Waals surface area (Å²) in [7, 11) is 0. The molecule has 1 fully saturated rings. The molecule has 0 saturated heterocycles. The summed E-state index contributed by atoms with van der Waals surface area (Å²) in [6, 6.07) is 62.0. The number of fused-ring (bicyclic) bond motifs is 10. The van der Waals surface area contributed by atoms with Crippen LogP contribution in [0.3, 0.4) is 0 Å². The zero-order valence-electron chi connectivity index (χ0n) is 45.7. The normalized spacial score (nSPS) is 19.1. The van der Waals surface area contributed by atoms with Crippen LogP contribution >= 0.6 is 11.3 Å². The first-order chi connectivity index (χ1) is 35.2. The molecule has 0 bridgehead atoms. The van der Waals surface area contributed by atoms with Crippen molar-refractivity contribution in [2.75, 3.05) is 14.7 Å². The van der Waals surface area contributed by atoms with E-state index in [-0.39, 0.29) is 33.9 Å². The van der Waals surface area contributed by atoms with E-state index in [0.717, 1.165) is 6.42 Å². The van der Waals surface area contributed by atoms with Crippen molar-refractivity contribution in [3.05, 3.63) is 186 Å². The monoisotopic (exact) mass is 984 g/mol. The van der Waals surface area contributed by atoms with Crippen LogP contribution in [-0.2, 0) is 21.7 Å². The first-order valence-electron chi connectivity index (χ1n) is 27.3. The van der Waals surface area contributed by atoms with Crippen LogP contribution in [0, 0.1) is 6.92 Å². The summed E-state index contributed by atoms with van der Waals surface area (Å²) >= 11 is 1.89. The van der Waals surface area contributed by atoms with E-state index in [9.17, 15) is 0 Å². The van der Waals surface area contributed by atoms with Gasteiger partial charge >= 0.3 is 0 Å². The Bertz CT molecular complexity index is 3770. The van der Waals surface area contributed by atoms with Gasteiger partial charge in [0.05, 0.1) is 11.2 Å². The molecule has 370 valence electrons. The molecule has 0 amide bonds. The molecule has 8 aromatic carbocycles. The fraction of sp³-hybridized carbons (Fsp3) is 0.304. The summed E-state index contributed by atoms with van der Waals surface area (Å²) in [5.74, 6) is 0. The maximum absolute atomic E-state index is 2.79. The standard InChI is InChI=1S/C69H70BN3S/c1-43-36-60-64-61(37-43)72(56-30-24-45(65(2,3)4)38-51(56)44-20-14-13-15-21-44)58-32-26-47(67(8,9)10)40-55(58)70(64)54-29-27-49(42-59(54)71(60)48-28-33-63-52(41-48)50-22-16-17-23-62(50)74-63)73-57-31-25-46(66(5,6)7)39-53(57)68(11)34-18-19-35-69(68,73)12/h13-17,20-33,36-42H,18-19,34-35H2,1-12H3. The molecule has 1 saturated carbocycles. The molecule has 13 rings (SSSR count). The largest absolute Gasteiger partial charge is 0.334 e. The van der Waals surface area contributed by atoms with Gasteiger partial charge in [-0.3, -0.25) is 0 Å². The average molecular weight is 984 g/mol. The van der Waals surface area contributed by atoms with Crippen LogP contribution in [0.4, 0.5) is 45.5 Å². The lowest BCUT2D eigenvalue weighted by Crippen LogP contribution is -2.61. The number of hydrogen-bond acceptors (Lipinski definition) is 4. The van der Waals surface area contributed by atoms with Crippen molar-refractivity contribution < 1.29 is 0 Å². The van der Waals surface area contributed by atoms with Gasteiger partial charge in [-0.2, -0.15) is 0 Å². The second-order valence-corrected chi connectivity index (χ2v) is 26.9. The molecule has 0 spiro atoms.